The molecule has 92 valence electrons. The number of ether oxygens (including phenoxy) is 1. The van der Waals surface area contributed by atoms with E-state index in [1.165, 1.54) is 0 Å². The predicted molar refractivity (Wildman–Crippen MR) is 76.7 cm³/mol. The number of benzene rings is 1. The molecular formula is C12H8Cl2N2OS. The van der Waals surface area contributed by atoms with Crippen LogP contribution < -0.4 is 10.5 Å². The van der Waals surface area contributed by atoms with Crippen molar-refractivity contribution in [2.45, 2.75) is 0 Å². The highest BCUT2D eigenvalue weighted by molar-refractivity contribution is 7.80. The van der Waals surface area contributed by atoms with E-state index in [9.17, 15) is 0 Å². The summed E-state index contributed by atoms with van der Waals surface area (Å²) in [6.07, 6.45) is 1.56. The Hall–Kier alpha value is -1.36. The van der Waals surface area contributed by atoms with Crippen molar-refractivity contribution in [1.29, 1.82) is 0 Å². The molecule has 0 aliphatic rings. The van der Waals surface area contributed by atoms with Gasteiger partial charge in [-0.05, 0) is 18.2 Å². The third-order valence-electron chi connectivity index (χ3n) is 2.10. The Kier molecular flexibility index (Phi) is 4.01. The van der Waals surface area contributed by atoms with Crippen LogP contribution in [0.15, 0.2) is 36.5 Å². The molecule has 18 heavy (non-hydrogen) atoms. The number of hydrogen-bond donors (Lipinski definition) is 1. The van der Waals surface area contributed by atoms with E-state index in [1.54, 1.807) is 36.5 Å². The fraction of sp³-hybridized carbons (Fsp3) is 0. The average molecular weight is 299 g/mol. The van der Waals surface area contributed by atoms with Gasteiger partial charge in [0.15, 0.2) is 0 Å². The molecule has 6 heteroatoms. The molecule has 3 nitrogen and oxygen atoms in total. The second-order valence-corrected chi connectivity index (χ2v) is 4.70. The smallest absolute Gasteiger partial charge is 0.147 e. The normalized spacial score (nSPS) is 10.1. The molecule has 0 spiro atoms. The van der Waals surface area contributed by atoms with Gasteiger partial charge in [-0.3, -0.25) is 4.98 Å². The number of hydrogen-bond acceptors (Lipinski definition) is 3. The van der Waals surface area contributed by atoms with Crippen LogP contribution >= 0.6 is 35.4 Å². The summed E-state index contributed by atoms with van der Waals surface area (Å²) in [7, 11) is 0. The Morgan fingerprint density at radius 3 is 2.72 bits per heavy atom. The van der Waals surface area contributed by atoms with E-state index in [4.69, 9.17) is 45.9 Å². The number of aromatic nitrogens is 1. The van der Waals surface area contributed by atoms with Crippen molar-refractivity contribution >= 4 is 40.4 Å². The molecule has 2 rings (SSSR count). The molecule has 0 saturated carbocycles. The zero-order valence-electron chi connectivity index (χ0n) is 9.06. The Balaban J connectivity index is 2.31. The van der Waals surface area contributed by atoms with Gasteiger partial charge >= 0.3 is 0 Å². The highest BCUT2D eigenvalue weighted by Crippen LogP contribution is 2.31. The van der Waals surface area contributed by atoms with Gasteiger partial charge in [0, 0.05) is 23.4 Å². The SMILES string of the molecule is NC(=S)c1cc(Oc2cc(Cl)ccc2Cl)ccn1. The van der Waals surface area contributed by atoms with Gasteiger partial charge in [-0.15, -0.1) is 0 Å². The van der Waals surface area contributed by atoms with Gasteiger partial charge in [0.25, 0.3) is 0 Å². The van der Waals surface area contributed by atoms with Gasteiger partial charge in [0.1, 0.15) is 22.2 Å². The first-order valence-corrected chi connectivity index (χ1v) is 6.11. The maximum absolute atomic E-state index is 6.00. The molecule has 0 fully saturated rings. The van der Waals surface area contributed by atoms with Gasteiger partial charge in [-0.25, -0.2) is 0 Å². The van der Waals surface area contributed by atoms with E-state index in [1.807, 2.05) is 0 Å². The molecule has 0 aliphatic carbocycles. The number of pyridine rings is 1. The standard InChI is InChI=1S/C12H8Cl2N2OS/c13-7-1-2-9(14)11(5-7)17-8-3-4-16-10(6-8)12(15)18/h1-6H,(H2,15,18). The van der Waals surface area contributed by atoms with E-state index in [0.29, 0.717) is 27.2 Å². The first kappa shape index (κ1) is 13.1. The molecule has 0 amide bonds. The van der Waals surface area contributed by atoms with Gasteiger partial charge in [-0.2, -0.15) is 0 Å². The lowest BCUT2D eigenvalue weighted by atomic mass is 10.3. The average Bonchev–Trinajstić information content (AvgIpc) is 2.34. The number of nitrogens with two attached hydrogens (primary N) is 1. The molecule has 0 aliphatic heterocycles. The van der Waals surface area contributed by atoms with E-state index >= 15 is 0 Å². The van der Waals surface area contributed by atoms with Gasteiger partial charge in [0.2, 0.25) is 0 Å². The Morgan fingerprint density at radius 1 is 1.22 bits per heavy atom. The van der Waals surface area contributed by atoms with E-state index in [-0.39, 0.29) is 4.99 Å². The van der Waals surface area contributed by atoms with Crippen LogP contribution in [0.2, 0.25) is 10.0 Å². The third-order valence-corrected chi connectivity index (χ3v) is 2.86. The first-order valence-electron chi connectivity index (χ1n) is 4.95. The topological polar surface area (TPSA) is 48.1 Å². The molecule has 1 aromatic carbocycles. The number of rotatable bonds is 3. The van der Waals surface area contributed by atoms with Crippen LogP contribution in [0.5, 0.6) is 11.5 Å². The summed E-state index contributed by atoms with van der Waals surface area (Å²) in [5.41, 5.74) is 5.98. The number of halogens is 2. The zero-order valence-corrected chi connectivity index (χ0v) is 11.4. The summed E-state index contributed by atoms with van der Waals surface area (Å²) in [5, 5.41) is 1.01. The molecule has 2 aromatic rings. The summed E-state index contributed by atoms with van der Waals surface area (Å²) >= 11 is 16.7. The molecule has 2 N–H and O–H groups in total. The Bertz CT molecular complexity index is 604. The number of nitrogens with zero attached hydrogens (tertiary/aromatic N) is 1. The van der Waals surface area contributed by atoms with Gasteiger partial charge < -0.3 is 10.5 Å². The lowest BCUT2D eigenvalue weighted by molar-refractivity contribution is 0.482. The highest BCUT2D eigenvalue weighted by atomic mass is 35.5. The predicted octanol–water partition coefficient (Wildman–Crippen LogP) is 3.81. The van der Waals surface area contributed by atoms with Crippen molar-refractivity contribution in [3.8, 4) is 11.5 Å². The quantitative estimate of drug-likeness (QED) is 0.875. The maximum Gasteiger partial charge on any atom is 0.147 e. The fourth-order valence-corrected chi connectivity index (χ4v) is 1.72. The van der Waals surface area contributed by atoms with Crippen LogP contribution in [-0.2, 0) is 0 Å². The van der Waals surface area contributed by atoms with Crippen LogP contribution in [0.3, 0.4) is 0 Å². The molecule has 0 bridgehead atoms. The largest absolute Gasteiger partial charge is 0.456 e. The molecular weight excluding hydrogens is 291 g/mol. The maximum atomic E-state index is 6.00. The third kappa shape index (κ3) is 3.10. The molecule has 0 saturated heterocycles. The second-order valence-electron chi connectivity index (χ2n) is 3.42. The van der Waals surface area contributed by atoms with Crippen molar-refractivity contribution in [3.63, 3.8) is 0 Å². The fourth-order valence-electron chi connectivity index (χ4n) is 1.29. The lowest BCUT2D eigenvalue weighted by Gasteiger charge is -2.08. The highest BCUT2D eigenvalue weighted by Gasteiger charge is 2.06. The van der Waals surface area contributed by atoms with Crippen molar-refractivity contribution in [2.24, 2.45) is 5.73 Å². The van der Waals surface area contributed by atoms with Crippen LogP contribution in [0.25, 0.3) is 0 Å². The van der Waals surface area contributed by atoms with Crippen LogP contribution in [0, 0.1) is 0 Å². The summed E-state index contributed by atoms with van der Waals surface area (Å²) in [5.74, 6) is 1.00. The van der Waals surface area contributed by atoms with Crippen LogP contribution in [-0.4, -0.2) is 9.97 Å². The molecule has 1 heterocycles. The minimum Gasteiger partial charge on any atom is -0.456 e. The zero-order chi connectivity index (χ0) is 13.1. The first-order chi connectivity index (χ1) is 8.56. The van der Waals surface area contributed by atoms with E-state index < -0.39 is 0 Å². The molecule has 1 aromatic heterocycles. The van der Waals surface area contributed by atoms with Crippen molar-refractivity contribution in [1.82, 2.24) is 4.98 Å². The number of thiocarbonyl (C=S) groups is 1. The minimum atomic E-state index is 0.206. The van der Waals surface area contributed by atoms with Crippen LogP contribution in [0.1, 0.15) is 5.69 Å². The van der Waals surface area contributed by atoms with E-state index in [2.05, 4.69) is 4.98 Å². The van der Waals surface area contributed by atoms with Crippen molar-refractivity contribution in [2.75, 3.05) is 0 Å². The summed E-state index contributed by atoms with van der Waals surface area (Å²) in [6.45, 7) is 0. The van der Waals surface area contributed by atoms with Crippen molar-refractivity contribution < 1.29 is 4.74 Å². The minimum absolute atomic E-state index is 0.206. The second kappa shape index (κ2) is 5.52. The summed E-state index contributed by atoms with van der Waals surface area (Å²) < 4.78 is 5.61. The molecule has 0 atom stereocenters. The lowest BCUT2D eigenvalue weighted by Crippen LogP contribution is -2.11. The summed E-state index contributed by atoms with van der Waals surface area (Å²) in [6, 6.07) is 8.29. The van der Waals surface area contributed by atoms with Crippen molar-refractivity contribution in [3.05, 3.63) is 52.3 Å². The van der Waals surface area contributed by atoms with Gasteiger partial charge in [0.05, 0.1) is 5.02 Å². The van der Waals surface area contributed by atoms with Gasteiger partial charge in [-0.1, -0.05) is 35.4 Å². The molecule has 0 radical (unpaired) electrons. The monoisotopic (exact) mass is 298 g/mol. The Morgan fingerprint density at radius 2 is 2.00 bits per heavy atom. The summed E-state index contributed by atoms with van der Waals surface area (Å²) in [4.78, 5) is 4.22. The van der Waals surface area contributed by atoms with E-state index in [0.717, 1.165) is 0 Å². The Labute approximate surface area is 119 Å². The molecule has 0 unspecified atom stereocenters. The van der Waals surface area contributed by atoms with Crippen LogP contribution in [0.4, 0.5) is 0 Å².